The molecule has 126 valence electrons. The first-order chi connectivity index (χ1) is 11.7. The van der Waals surface area contributed by atoms with Crippen LogP contribution in [0.5, 0.6) is 0 Å². The standard InChI is InChI=1S/C19H22N2O3/c1-3-16(14-10-6-5-7-11-14)20-19(23)21-17-13-9-8-12-15(17)18(22)24-4-2/h5-13,16H,3-4H2,1-2H3,(H2,20,21,23). The summed E-state index contributed by atoms with van der Waals surface area (Å²) in [6.45, 7) is 4.03. The van der Waals surface area contributed by atoms with Crippen molar-refractivity contribution in [2.24, 2.45) is 0 Å². The Morgan fingerprint density at radius 2 is 1.67 bits per heavy atom. The highest BCUT2D eigenvalue weighted by molar-refractivity contribution is 6.00. The quantitative estimate of drug-likeness (QED) is 0.784. The summed E-state index contributed by atoms with van der Waals surface area (Å²) >= 11 is 0. The van der Waals surface area contributed by atoms with Crippen LogP contribution in [0.1, 0.15) is 42.2 Å². The van der Waals surface area contributed by atoms with Gasteiger partial charge in [-0.3, -0.25) is 0 Å². The molecule has 0 radical (unpaired) electrons. The minimum Gasteiger partial charge on any atom is -0.462 e. The molecule has 2 rings (SSSR count). The van der Waals surface area contributed by atoms with Gasteiger partial charge in [0.1, 0.15) is 0 Å². The maximum Gasteiger partial charge on any atom is 0.340 e. The van der Waals surface area contributed by atoms with Crippen LogP contribution in [0.2, 0.25) is 0 Å². The fraction of sp³-hybridized carbons (Fsp3) is 0.263. The van der Waals surface area contributed by atoms with Crippen molar-refractivity contribution in [3.05, 3.63) is 65.7 Å². The van der Waals surface area contributed by atoms with Crippen LogP contribution in [0.4, 0.5) is 10.5 Å². The molecule has 0 aliphatic heterocycles. The van der Waals surface area contributed by atoms with Crippen molar-refractivity contribution in [1.82, 2.24) is 5.32 Å². The zero-order valence-electron chi connectivity index (χ0n) is 13.9. The monoisotopic (exact) mass is 326 g/mol. The molecule has 0 fully saturated rings. The van der Waals surface area contributed by atoms with Crippen LogP contribution in [0.15, 0.2) is 54.6 Å². The van der Waals surface area contributed by atoms with Crippen molar-refractivity contribution in [3.63, 3.8) is 0 Å². The predicted molar refractivity (Wildman–Crippen MR) is 94.0 cm³/mol. The van der Waals surface area contributed by atoms with E-state index in [9.17, 15) is 9.59 Å². The first kappa shape index (κ1) is 17.5. The number of amides is 2. The smallest absolute Gasteiger partial charge is 0.340 e. The van der Waals surface area contributed by atoms with Crippen molar-refractivity contribution in [3.8, 4) is 0 Å². The van der Waals surface area contributed by atoms with Crippen LogP contribution in [0, 0.1) is 0 Å². The Hall–Kier alpha value is -2.82. The van der Waals surface area contributed by atoms with Gasteiger partial charge in [-0.1, -0.05) is 49.4 Å². The van der Waals surface area contributed by atoms with Gasteiger partial charge in [0, 0.05) is 0 Å². The van der Waals surface area contributed by atoms with E-state index >= 15 is 0 Å². The zero-order valence-corrected chi connectivity index (χ0v) is 13.9. The van der Waals surface area contributed by atoms with Crippen LogP contribution in [-0.4, -0.2) is 18.6 Å². The SMILES string of the molecule is CCOC(=O)c1ccccc1NC(=O)NC(CC)c1ccccc1. The number of anilines is 1. The lowest BCUT2D eigenvalue weighted by molar-refractivity contribution is 0.0527. The third kappa shape index (κ3) is 4.59. The summed E-state index contributed by atoms with van der Waals surface area (Å²) in [5.74, 6) is -0.455. The number of nitrogens with one attached hydrogen (secondary N) is 2. The Labute approximate surface area is 142 Å². The molecular formula is C19H22N2O3. The number of urea groups is 1. The molecule has 5 nitrogen and oxygen atoms in total. The first-order valence-electron chi connectivity index (χ1n) is 8.04. The molecule has 24 heavy (non-hydrogen) atoms. The van der Waals surface area contributed by atoms with Gasteiger partial charge >= 0.3 is 12.0 Å². The second kappa shape index (κ2) is 8.72. The van der Waals surface area contributed by atoms with Crippen LogP contribution >= 0.6 is 0 Å². The maximum atomic E-state index is 12.3. The van der Waals surface area contributed by atoms with Gasteiger partial charge in [0.2, 0.25) is 0 Å². The fourth-order valence-electron chi connectivity index (χ4n) is 2.40. The fourth-order valence-corrected chi connectivity index (χ4v) is 2.40. The summed E-state index contributed by atoms with van der Waals surface area (Å²) in [5.41, 5.74) is 1.80. The highest BCUT2D eigenvalue weighted by atomic mass is 16.5. The minimum atomic E-state index is -0.455. The number of rotatable bonds is 6. The van der Waals surface area contributed by atoms with Crippen molar-refractivity contribution < 1.29 is 14.3 Å². The van der Waals surface area contributed by atoms with Gasteiger partial charge in [-0.2, -0.15) is 0 Å². The van der Waals surface area contributed by atoms with Gasteiger partial charge in [-0.25, -0.2) is 9.59 Å². The Morgan fingerprint density at radius 3 is 2.33 bits per heavy atom. The van der Waals surface area contributed by atoms with Gasteiger partial charge in [-0.05, 0) is 31.0 Å². The van der Waals surface area contributed by atoms with Crippen molar-refractivity contribution >= 4 is 17.7 Å². The van der Waals surface area contributed by atoms with E-state index < -0.39 is 5.97 Å². The van der Waals surface area contributed by atoms with Gasteiger partial charge in [0.25, 0.3) is 0 Å². The van der Waals surface area contributed by atoms with E-state index in [0.29, 0.717) is 11.3 Å². The molecule has 0 heterocycles. The maximum absolute atomic E-state index is 12.3. The molecule has 5 heteroatoms. The molecule has 2 aromatic carbocycles. The Morgan fingerprint density at radius 1 is 1.00 bits per heavy atom. The molecule has 0 bridgehead atoms. The average molecular weight is 326 g/mol. The highest BCUT2D eigenvalue weighted by Crippen LogP contribution is 2.18. The summed E-state index contributed by atoms with van der Waals surface area (Å²) in [4.78, 5) is 24.3. The van der Waals surface area contributed by atoms with Crippen LogP contribution in [0.25, 0.3) is 0 Å². The predicted octanol–water partition coefficient (Wildman–Crippen LogP) is 4.14. The molecule has 2 aromatic rings. The van der Waals surface area contributed by atoms with E-state index in [1.165, 1.54) is 0 Å². The molecule has 2 amide bonds. The number of hydrogen-bond donors (Lipinski definition) is 2. The van der Waals surface area contributed by atoms with Crippen LogP contribution < -0.4 is 10.6 Å². The molecule has 0 spiro atoms. The lowest BCUT2D eigenvalue weighted by atomic mass is 10.1. The molecule has 2 N–H and O–H groups in total. The second-order valence-electron chi connectivity index (χ2n) is 5.24. The lowest BCUT2D eigenvalue weighted by Gasteiger charge is -2.18. The molecule has 1 atom stereocenters. The van der Waals surface area contributed by atoms with Crippen molar-refractivity contribution in [1.29, 1.82) is 0 Å². The summed E-state index contributed by atoms with van der Waals surface area (Å²) in [5, 5.41) is 5.66. The minimum absolute atomic E-state index is 0.0963. The summed E-state index contributed by atoms with van der Waals surface area (Å²) in [6.07, 6.45) is 0.761. The largest absolute Gasteiger partial charge is 0.462 e. The van der Waals surface area contributed by atoms with Gasteiger partial charge < -0.3 is 15.4 Å². The molecule has 0 saturated carbocycles. The van der Waals surface area contributed by atoms with Crippen molar-refractivity contribution in [2.75, 3.05) is 11.9 Å². The third-order valence-corrected chi connectivity index (χ3v) is 3.59. The van der Waals surface area contributed by atoms with E-state index in [4.69, 9.17) is 4.74 Å². The summed E-state index contributed by atoms with van der Waals surface area (Å²) in [7, 11) is 0. The normalized spacial score (nSPS) is 11.4. The van der Waals surface area contributed by atoms with Crippen molar-refractivity contribution in [2.45, 2.75) is 26.3 Å². The number of ether oxygens (including phenoxy) is 1. The highest BCUT2D eigenvalue weighted by Gasteiger charge is 2.16. The van der Waals surface area contributed by atoms with E-state index in [-0.39, 0.29) is 18.7 Å². The summed E-state index contributed by atoms with van der Waals surface area (Å²) < 4.78 is 5.01. The average Bonchev–Trinajstić information content (AvgIpc) is 2.61. The molecule has 0 aliphatic rings. The number of carbonyl (C=O) groups is 2. The van der Waals surface area contributed by atoms with Crippen LogP contribution in [0.3, 0.4) is 0 Å². The van der Waals surface area contributed by atoms with E-state index in [2.05, 4.69) is 10.6 Å². The number of esters is 1. The van der Waals surface area contributed by atoms with E-state index in [1.807, 2.05) is 37.3 Å². The number of carbonyl (C=O) groups excluding carboxylic acids is 2. The second-order valence-corrected chi connectivity index (χ2v) is 5.24. The van der Waals surface area contributed by atoms with E-state index in [1.54, 1.807) is 31.2 Å². The Kier molecular flexibility index (Phi) is 6.37. The van der Waals surface area contributed by atoms with Crippen LogP contribution in [-0.2, 0) is 4.74 Å². The number of hydrogen-bond acceptors (Lipinski definition) is 3. The molecule has 0 saturated heterocycles. The Balaban J connectivity index is 2.08. The third-order valence-electron chi connectivity index (χ3n) is 3.59. The van der Waals surface area contributed by atoms with E-state index in [0.717, 1.165) is 12.0 Å². The molecular weight excluding hydrogens is 304 g/mol. The first-order valence-corrected chi connectivity index (χ1v) is 8.04. The van der Waals surface area contributed by atoms with Gasteiger partial charge in [-0.15, -0.1) is 0 Å². The zero-order chi connectivity index (χ0) is 17.4. The lowest BCUT2D eigenvalue weighted by Crippen LogP contribution is -2.32. The Bertz CT molecular complexity index is 686. The van der Waals surface area contributed by atoms with Gasteiger partial charge in [0.05, 0.1) is 23.9 Å². The molecule has 1 unspecified atom stereocenters. The number of benzene rings is 2. The topological polar surface area (TPSA) is 67.4 Å². The molecule has 0 aliphatic carbocycles. The summed E-state index contributed by atoms with van der Waals surface area (Å²) in [6, 6.07) is 16.1. The number of para-hydroxylation sites is 1. The molecule has 0 aromatic heterocycles. The van der Waals surface area contributed by atoms with Gasteiger partial charge in [0.15, 0.2) is 0 Å².